The molecule has 14 heavy (non-hydrogen) atoms. The maximum absolute atomic E-state index is 10.8. The van der Waals surface area contributed by atoms with Gasteiger partial charge in [-0.2, -0.15) is 0 Å². The number of halogens is 2. The molecule has 0 aromatic carbocycles. The predicted octanol–water partition coefficient (Wildman–Crippen LogP) is 2.28. The molecular weight excluding hydrogens is 271 g/mol. The summed E-state index contributed by atoms with van der Waals surface area (Å²) in [5, 5.41) is 2.91. The van der Waals surface area contributed by atoms with Gasteiger partial charge in [0.05, 0.1) is 6.54 Å². The number of nitrogens with one attached hydrogen (secondary N) is 1. The Morgan fingerprint density at radius 1 is 1.71 bits per heavy atom. The third kappa shape index (κ3) is 1.83. The lowest BCUT2D eigenvalue weighted by molar-refractivity contribution is 0.141. The van der Waals surface area contributed by atoms with E-state index in [1.807, 2.05) is 0 Å². The van der Waals surface area contributed by atoms with Gasteiger partial charge in [0.25, 0.3) is 0 Å². The highest BCUT2D eigenvalue weighted by molar-refractivity contribution is 9.10. The molecule has 0 aliphatic carbocycles. The van der Waals surface area contributed by atoms with Crippen molar-refractivity contribution >= 4 is 33.6 Å². The SMILES string of the molecule is O=C1NCC(c2cc(Br)cnc2Cl)O1. The van der Waals surface area contributed by atoms with E-state index in [2.05, 4.69) is 26.2 Å². The van der Waals surface area contributed by atoms with Crippen LogP contribution in [0.25, 0.3) is 0 Å². The van der Waals surface area contributed by atoms with Crippen LogP contribution in [0.1, 0.15) is 11.7 Å². The number of hydrogen-bond acceptors (Lipinski definition) is 3. The molecular formula is C8H6BrClN2O2. The Bertz CT molecular complexity index is 386. The number of carbonyl (C=O) groups is 1. The second-order valence-electron chi connectivity index (χ2n) is 2.81. The molecule has 0 radical (unpaired) electrons. The van der Waals surface area contributed by atoms with Gasteiger partial charge in [-0.25, -0.2) is 9.78 Å². The number of alkyl carbamates (subject to hydrolysis) is 1. The monoisotopic (exact) mass is 276 g/mol. The van der Waals surface area contributed by atoms with Crippen molar-refractivity contribution in [1.29, 1.82) is 0 Å². The molecule has 1 unspecified atom stereocenters. The van der Waals surface area contributed by atoms with E-state index in [0.29, 0.717) is 17.3 Å². The molecule has 1 aromatic heterocycles. The number of carbonyl (C=O) groups excluding carboxylic acids is 1. The van der Waals surface area contributed by atoms with Crippen molar-refractivity contribution in [2.75, 3.05) is 6.54 Å². The Kier molecular flexibility index (Phi) is 2.60. The van der Waals surface area contributed by atoms with Crippen LogP contribution >= 0.6 is 27.5 Å². The second kappa shape index (κ2) is 3.74. The summed E-state index contributed by atoms with van der Waals surface area (Å²) in [6.07, 6.45) is 0.821. The van der Waals surface area contributed by atoms with E-state index in [9.17, 15) is 4.79 Å². The molecule has 0 spiro atoms. The molecule has 4 nitrogen and oxygen atoms in total. The highest BCUT2D eigenvalue weighted by Crippen LogP contribution is 2.28. The van der Waals surface area contributed by atoms with E-state index in [-0.39, 0.29) is 6.10 Å². The Hall–Kier alpha value is -0.810. The topological polar surface area (TPSA) is 51.2 Å². The summed E-state index contributed by atoms with van der Waals surface area (Å²) < 4.78 is 5.79. The smallest absolute Gasteiger partial charge is 0.407 e. The van der Waals surface area contributed by atoms with Crippen LogP contribution in [0, 0.1) is 0 Å². The molecule has 1 fully saturated rings. The van der Waals surface area contributed by atoms with Gasteiger partial charge in [0.15, 0.2) is 0 Å². The fourth-order valence-corrected chi connectivity index (χ4v) is 1.80. The van der Waals surface area contributed by atoms with Gasteiger partial charge in [-0.3, -0.25) is 0 Å². The molecule has 1 aromatic rings. The lowest BCUT2D eigenvalue weighted by Crippen LogP contribution is -2.12. The van der Waals surface area contributed by atoms with Gasteiger partial charge in [0, 0.05) is 16.2 Å². The van der Waals surface area contributed by atoms with Gasteiger partial charge in [-0.15, -0.1) is 0 Å². The standard InChI is InChI=1S/C8H6BrClN2O2/c9-4-1-5(7(10)11-2-4)6-3-12-8(13)14-6/h1-2,6H,3H2,(H,12,13). The van der Waals surface area contributed by atoms with Crippen molar-refractivity contribution in [2.24, 2.45) is 0 Å². The maximum atomic E-state index is 10.8. The summed E-state index contributed by atoms with van der Waals surface area (Å²) in [4.78, 5) is 14.8. The number of nitrogens with zero attached hydrogens (tertiary/aromatic N) is 1. The van der Waals surface area contributed by atoms with Crippen LogP contribution < -0.4 is 5.32 Å². The number of aromatic nitrogens is 1. The normalized spacial score (nSPS) is 20.4. The first-order valence-corrected chi connectivity index (χ1v) is 5.09. The quantitative estimate of drug-likeness (QED) is 0.801. The highest BCUT2D eigenvalue weighted by Gasteiger charge is 2.26. The average Bonchev–Trinajstić information content (AvgIpc) is 2.56. The first-order chi connectivity index (χ1) is 6.66. The van der Waals surface area contributed by atoms with Crippen LogP contribution in [-0.2, 0) is 4.74 Å². The van der Waals surface area contributed by atoms with Gasteiger partial charge in [-0.1, -0.05) is 11.6 Å². The van der Waals surface area contributed by atoms with Gasteiger partial charge < -0.3 is 10.1 Å². The minimum absolute atomic E-state index is 0.347. The summed E-state index contributed by atoms with van der Waals surface area (Å²) in [6, 6.07) is 1.79. The van der Waals surface area contributed by atoms with Gasteiger partial charge in [0.1, 0.15) is 11.3 Å². The lowest BCUT2D eigenvalue weighted by Gasteiger charge is -2.09. The van der Waals surface area contributed by atoms with Crippen molar-refractivity contribution < 1.29 is 9.53 Å². The van der Waals surface area contributed by atoms with Crippen molar-refractivity contribution in [3.63, 3.8) is 0 Å². The Morgan fingerprint density at radius 3 is 3.14 bits per heavy atom. The van der Waals surface area contributed by atoms with E-state index in [1.54, 1.807) is 12.3 Å². The zero-order chi connectivity index (χ0) is 10.1. The molecule has 2 heterocycles. The molecule has 0 bridgehead atoms. The minimum atomic E-state index is -0.425. The van der Waals surface area contributed by atoms with E-state index in [1.165, 1.54) is 0 Å². The molecule has 1 amide bonds. The van der Waals surface area contributed by atoms with Gasteiger partial charge >= 0.3 is 6.09 Å². The third-order valence-electron chi connectivity index (χ3n) is 1.86. The number of cyclic esters (lactones) is 1. The molecule has 1 aliphatic heterocycles. The minimum Gasteiger partial charge on any atom is -0.439 e. The summed E-state index contributed by atoms with van der Waals surface area (Å²) >= 11 is 9.15. The molecule has 1 atom stereocenters. The van der Waals surface area contributed by atoms with Crippen molar-refractivity contribution in [1.82, 2.24) is 10.3 Å². The van der Waals surface area contributed by atoms with Crippen LogP contribution in [0.3, 0.4) is 0 Å². The van der Waals surface area contributed by atoms with Crippen LogP contribution in [-0.4, -0.2) is 17.6 Å². The fourth-order valence-electron chi connectivity index (χ4n) is 1.23. The predicted molar refractivity (Wildman–Crippen MR) is 54.2 cm³/mol. The first kappa shape index (κ1) is 9.73. The zero-order valence-corrected chi connectivity index (χ0v) is 9.30. The number of amides is 1. The number of ether oxygens (including phenoxy) is 1. The molecule has 2 rings (SSSR count). The zero-order valence-electron chi connectivity index (χ0n) is 6.96. The first-order valence-electron chi connectivity index (χ1n) is 3.92. The number of rotatable bonds is 1. The Labute approximate surface area is 93.7 Å². The van der Waals surface area contributed by atoms with Gasteiger partial charge in [0.2, 0.25) is 0 Å². The molecule has 0 saturated carbocycles. The van der Waals surface area contributed by atoms with Crippen molar-refractivity contribution in [3.8, 4) is 0 Å². The van der Waals surface area contributed by atoms with Crippen LogP contribution in [0.5, 0.6) is 0 Å². The van der Waals surface area contributed by atoms with E-state index >= 15 is 0 Å². The maximum Gasteiger partial charge on any atom is 0.407 e. The van der Waals surface area contributed by atoms with Crippen LogP contribution in [0.4, 0.5) is 4.79 Å². The number of hydrogen-bond donors (Lipinski definition) is 1. The average molecular weight is 278 g/mol. The highest BCUT2D eigenvalue weighted by atomic mass is 79.9. The molecule has 6 heteroatoms. The van der Waals surface area contributed by atoms with Crippen molar-refractivity contribution in [3.05, 3.63) is 27.5 Å². The van der Waals surface area contributed by atoms with Crippen LogP contribution in [0.2, 0.25) is 5.15 Å². The van der Waals surface area contributed by atoms with Gasteiger partial charge in [-0.05, 0) is 22.0 Å². The largest absolute Gasteiger partial charge is 0.439 e. The Balaban J connectivity index is 2.31. The summed E-state index contributed by atoms with van der Waals surface area (Å²) in [7, 11) is 0. The fraction of sp³-hybridized carbons (Fsp3) is 0.250. The van der Waals surface area contributed by atoms with E-state index < -0.39 is 6.09 Å². The molecule has 1 N–H and O–H groups in total. The molecule has 74 valence electrons. The summed E-state index contributed by atoms with van der Waals surface area (Å²) in [5.74, 6) is 0. The summed E-state index contributed by atoms with van der Waals surface area (Å²) in [6.45, 7) is 0.427. The second-order valence-corrected chi connectivity index (χ2v) is 4.08. The lowest BCUT2D eigenvalue weighted by atomic mass is 10.2. The van der Waals surface area contributed by atoms with Crippen molar-refractivity contribution in [2.45, 2.75) is 6.10 Å². The van der Waals surface area contributed by atoms with Crippen LogP contribution in [0.15, 0.2) is 16.7 Å². The Morgan fingerprint density at radius 2 is 2.50 bits per heavy atom. The molecule has 1 saturated heterocycles. The molecule has 1 aliphatic rings. The summed E-state index contributed by atoms with van der Waals surface area (Å²) in [5.41, 5.74) is 0.708. The van der Waals surface area contributed by atoms with E-state index in [0.717, 1.165) is 4.47 Å². The van der Waals surface area contributed by atoms with E-state index in [4.69, 9.17) is 16.3 Å². The third-order valence-corrected chi connectivity index (χ3v) is 2.61. The number of pyridine rings is 1.